The molecule has 82 valence electrons. The van der Waals surface area contributed by atoms with Crippen molar-refractivity contribution in [3.8, 4) is 0 Å². The minimum Gasteiger partial charge on any atom is -0.0925 e. The summed E-state index contributed by atoms with van der Waals surface area (Å²) < 4.78 is 0. The normalized spacial score (nSPS) is 19.2. The summed E-state index contributed by atoms with van der Waals surface area (Å²) in [6, 6.07) is 0. The number of alkyl halides is 1. The molecule has 0 atom stereocenters. The minimum atomic E-state index is 1.06. The van der Waals surface area contributed by atoms with Crippen molar-refractivity contribution >= 4 is 15.9 Å². The summed E-state index contributed by atoms with van der Waals surface area (Å²) in [5.74, 6) is 1.06. The summed E-state index contributed by atoms with van der Waals surface area (Å²) >= 11 is 3.43. The summed E-state index contributed by atoms with van der Waals surface area (Å²) in [6.45, 7) is 0. The molecule has 0 unspecified atom stereocenters. The second-order valence-corrected chi connectivity index (χ2v) is 5.18. The Morgan fingerprint density at radius 3 is 2.43 bits per heavy atom. The second kappa shape index (κ2) is 8.52. The third-order valence-corrected chi connectivity index (χ3v) is 3.61. The van der Waals surface area contributed by atoms with Gasteiger partial charge in [-0.05, 0) is 25.2 Å². The zero-order valence-electron chi connectivity index (χ0n) is 9.18. The van der Waals surface area contributed by atoms with Gasteiger partial charge < -0.3 is 0 Å². The molecule has 0 aromatic carbocycles. The summed E-state index contributed by atoms with van der Waals surface area (Å²) in [4.78, 5) is 0. The van der Waals surface area contributed by atoms with Gasteiger partial charge in [-0.3, -0.25) is 0 Å². The van der Waals surface area contributed by atoms with Crippen molar-refractivity contribution in [1.82, 2.24) is 0 Å². The Balaban J connectivity index is 1.92. The molecule has 0 aliphatic heterocycles. The van der Waals surface area contributed by atoms with Crippen LogP contribution in [0.3, 0.4) is 0 Å². The number of unbranched alkanes of at least 4 members (excludes halogenated alkanes) is 1. The van der Waals surface area contributed by atoms with E-state index in [1.807, 2.05) is 0 Å². The molecule has 0 amide bonds. The van der Waals surface area contributed by atoms with Crippen LogP contribution in [0.2, 0.25) is 0 Å². The molecule has 0 aromatic heterocycles. The Morgan fingerprint density at radius 1 is 1.00 bits per heavy atom. The average molecular weight is 259 g/mol. The van der Waals surface area contributed by atoms with E-state index in [0.29, 0.717) is 0 Å². The van der Waals surface area contributed by atoms with E-state index in [2.05, 4.69) is 28.1 Å². The highest BCUT2D eigenvalue weighted by Crippen LogP contribution is 2.27. The number of rotatable bonds is 6. The quantitative estimate of drug-likeness (QED) is 0.354. The lowest BCUT2D eigenvalue weighted by molar-refractivity contribution is 0.333. The van der Waals surface area contributed by atoms with Crippen LogP contribution in [0, 0.1) is 5.92 Å². The monoisotopic (exact) mass is 258 g/mol. The van der Waals surface area contributed by atoms with Gasteiger partial charge in [0.2, 0.25) is 0 Å². The number of halogens is 1. The Labute approximate surface area is 97.3 Å². The highest BCUT2D eigenvalue weighted by atomic mass is 79.9. The molecule has 1 heteroatoms. The molecule has 1 aliphatic carbocycles. The largest absolute Gasteiger partial charge is 0.0925 e. The first-order chi connectivity index (χ1) is 6.93. The lowest BCUT2D eigenvalue weighted by atomic mass is 9.86. The molecule has 14 heavy (non-hydrogen) atoms. The van der Waals surface area contributed by atoms with E-state index >= 15 is 0 Å². The molecular weight excluding hydrogens is 236 g/mol. The first-order valence-corrected chi connectivity index (χ1v) is 7.26. The lowest BCUT2D eigenvalue weighted by Gasteiger charge is -2.20. The molecule has 0 aromatic rings. The summed E-state index contributed by atoms with van der Waals surface area (Å²) in [5, 5.41) is 1.10. The van der Waals surface area contributed by atoms with Crippen LogP contribution in [0.25, 0.3) is 0 Å². The molecule has 1 fully saturated rings. The third kappa shape index (κ3) is 5.85. The van der Waals surface area contributed by atoms with Gasteiger partial charge in [-0.1, -0.05) is 66.6 Å². The smallest absolute Gasteiger partial charge is 0.00659 e. The average Bonchev–Trinajstić information content (AvgIpc) is 2.25. The van der Waals surface area contributed by atoms with Gasteiger partial charge in [0.15, 0.2) is 0 Å². The molecule has 1 saturated carbocycles. The second-order valence-electron chi connectivity index (χ2n) is 4.38. The van der Waals surface area contributed by atoms with Crippen LogP contribution in [0.1, 0.15) is 57.8 Å². The van der Waals surface area contributed by atoms with E-state index in [-0.39, 0.29) is 0 Å². The van der Waals surface area contributed by atoms with Crippen LogP contribution in [0.15, 0.2) is 12.2 Å². The Kier molecular flexibility index (Phi) is 7.48. The van der Waals surface area contributed by atoms with Crippen LogP contribution in [-0.4, -0.2) is 5.33 Å². The number of hydrogen-bond donors (Lipinski definition) is 0. The van der Waals surface area contributed by atoms with E-state index in [1.54, 1.807) is 0 Å². The number of hydrogen-bond acceptors (Lipinski definition) is 0. The van der Waals surface area contributed by atoms with Crippen LogP contribution >= 0.6 is 15.9 Å². The topological polar surface area (TPSA) is 0 Å². The van der Waals surface area contributed by atoms with Gasteiger partial charge >= 0.3 is 0 Å². The highest BCUT2D eigenvalue weighted by Gasteiger charge is 2.11. The van der Waals surface area contributed by atoms with Crippen molar-refractivity contribution in [1.29, 1.82) is 0 Å². The molecule has 0 spiro atoms. The Morgan fingerprint density at radius 2 is 1.71 bits per heavy atom. The van der Waals surface area contributed by atoms with E-state index < -0.39 is 0 Å². The number of allylic oxidation sites excluding steroid dienone is 2. The van der Waals surface area contributed by atoms with Gasteiger partial charge in [0.05, 0.1) is 0 Å². The third-order valence-electron chi connectivity index (χ3n) is 3.15. The van der Waals surface area contributed by atoms with E-state index in [1.165, 1.54) is 57.8 Å². The summed E-state index contributed by atoms with van der Waals surface area (Å²) in [7, 11) is 0. The first-order valence-electron chi connectivity index (χ1n) is 6.14. The van der Waals surface area contributed by atoms with Gasteiger partial charge in [-0.25, -0.2) is 0 Å². The Bertz CT molecular complexity index is 145. The van der Waals surface area contributed by atoms with Crippen molar-refractivity contribution in [3.05, 3.63) is 12.2 Å². The molecule has 0 N–H and O–H groups in total. The minimum absolute atomic E-state index is 1.06. The predicted molar refractivity (Wildman–Crippen MR) is 68.0 cm³/mol. The van der Waals surface area contributed by atoms with Crippen LogP contribution in [0.5, 0.6) is 0 Å². The lowest BCUT2D eigenvalue weighted by Crippen LogP contribution is -2.05. The predicted octanol–water partition coefficient (Wildman–Crippen LogP) is 5.08. The van der Waals surface area contributed by atoms with Gasteiger partial charge in [-0.15, -0.1) is 0 Å². The van der Waals surface area contributed by atoms with Gasteiger partial charge in [0.25, 0.3) is 0 Å². The fraction of sp³-hybridized carbons (Fsp3) is 0.846. The van der Waals surface area contributed by atoms with Crippen molar-refractivity contribution in [3.63, 3.8) is 0 Å². The highest BCUT2D eigenvalue weighted by molar-refractivity contribution is 9.09. The van der Waals surface area contributed by atoms with Gasteiger partial charge in [-0.2, -0.15) is 0 Å². The molecule has 0 saturated heterocycles. The zero-order valence-corrected chi connectivity index (χ0v) is 10.8. The molecular formula is C13H23Br. The maximum absolute atomic E-state index is 3.43. The maximum Gasteiger partial charge on any atom is 0.00659 e. The van der Waals surface area contributed by atoms with Crippen LogP contribution < -0.4 is 0 Å². The van der Waals surface area contributed by atoms with E-state index in [9.17, 15) is 0 Å². The van der Waals surface area contributed by atoms with Crippen molar-refractivity contribution in [2.24, 2.45) is 5.92 Å². The van der Waals surface area contributed by atoms with Crippen molar-refractivity contribution in [2.75, 3.05) is 5.33 Å². The summed E-state index contributed by atoms with van der Waals surface area (Å²) in [5.41, 5.74) is 0. The molecule has 0 bridgehead atoms. The van der Waals surface area contributed by atoms with Crippen molar-refractivity contribution in [2.45, 2.75) is 57.8 Å². The SMILES string of the molecule is BrCCC=CCCCC1CCCCC1. The van der Waals surface area contributed by atoms with Crippen LogP contribution in [-0.2, 0) is 0 Å². The molecule has 1 aliphatic rings. The molecule has 0 radical (unpaired) electrons. The van der Waals surface area contributed by atoms with E-state index in [4.69, 9.17) is 0 Å². The standard InChI is InChI=1S/C13H23Br/c14-12-8-3-1-2-5-9-13-10-6-4-7-11-13/h1,3,13H,2,4-12H2. The molecule has 1 rings (SSSR count). The molecule has 0 nitrogen and oxygen atoms in total. The first kappa shape index (κ1) is 12.3. The zero-order chi connectivity index (χ0) is 10.1. The van der Waals surface area contributed by atoms with Crippen molar-refractivity contribution < 1.29 is 0 Å². The fourth-order valence-corrected chi connectivity index (χ4v) is 2.56. The molecule has 0 heterocycles. The van der Waals surface area contributed by atoms with Gasteiger partial charge in [0, 0.05) is 5.33 Å². The van der Waals surface area contributed by atoms with E-state index in [0.717, 1.165) is 11.2 Å². The Hall–Kier alpha value is 0.220. The maximum atomic E-state index is 3.43. The van der Waals surface area contributed by atoms with Crippen LogP contribution in [0.4, 0.5) is 0 Å². The fourth-order valence-electron chi connectivity index (χ4n) is 2.30. The van der Waals surface area contributed by atoms with Gasteiger partial charge in [0.1, 0.15) is 0 Å². The summed E-state index contributed by atoms with van der Waals surface area (Å²) in [6.07, 6.45) is 17.5.